The molecule has 148 valence electrons. The monoisotopic (exact) mass is 383 g/mol. The van der Waals surface area contributed by atoms with E-state index in [9.17, 15) is 10.1 Å². The number of aromatic nitrogens is 4. The summed E-state index contributed by atoms with van der Waals surface area (Å²) in [4.78, 5) is 24.9. The molecule has 3 heterocycles. The van der Waals surface area contributed by atoms with Crippen LogP contribution in [-0.4, -0.2) is 62.5 Å². The summed E-state index contributed by atoms with van der Waals surface area (Å²) in [5.74, 6) is 1.19. The molecule has 0 N–H and O–H groups in total. The maximum atomic E-state index is 12.2. The van der Waals surface area contributed by atoms with E-state index >= 15 is 0 Å². The van der Waals surface area contributed by atoms with Crippen molar-refractivity contribution in [3.63, 3.8) is 0 Å². The van der Waals surface area contributed by atoms with Gasteiger partial charge in [-0.15, -0.1) is 0 Å². The normalized spacial score (nSPS) is 14.7. The van der Waals surface area contributed by atoms with Gasteiger partial charge in [0.2, 0.25) is 5.95 Å². The lowest BCUT2D eigenvalue weighted by Gasteiger charge is -2.35. The van der Waals surface area contributed by atoms with Gasteiger partial charge in [-0.2, -0.15) is 15.3 Å². The second-order valence-electron chi connectivity index (χ2n) is 7.74. The molecule has 1 amide bonds. The minimum absolute atomic E-state index is 0.298. The largest absolute Gasteiger partial charge is 0.444 e. The number of piperazine rings is 1. The third-order valence-electron chi connectivity index (χ3n) is 4.46. The lowest BCUT2D eigenvalue weighted by Crippen LogP contribution is -2.50. The van der Waals surface area contributed by atoms with E-state index in [0.29, 0.717) is 49.2 Å². The van der Waals surface area contributed by atoms with Crippen LogP contribution in [0, 0.1) is 25.2 Å². The predicted molar refractivity (Wildman–Crippen MR) is 103 cm³/mol. The zero-order valence-corrected chi connectivity index (χ0v) is 16.9. The van der Waals surface area contributed by atoms with Gasteiger partial charge in [0.15, 0.2) is 5.82 Å². The number of amides is 1. The van der Waals surface area contributed by atoms with Crippen molar-refractivity contribution in [2.24, 2.45) is 0 Å². The van der Waals surface area contributed by atoms with Crippen molar-refractivity contribution >= 4 is 12.0 Å². The molecule has 0 bridgehead atoms. The van der Waals surface area contributed by atoms with Crippen molar-refractivity contribution in [2.45, 2.75) is 40.2 Å². The summed E-state index contributed by atoms with van der Waals surface area (Å²) in [6, 6.07) is 3.94. The summed E-state index contributed by atoms with van der Waals surface area (Å²) in [6.45, 7) is 11.5. The Kier molecular flexibility index (Phi) is 5.23. The second kappa shape index (κ2) is 7.46. The van der Waals surface area contributed by atoms with Crippen molar-refractivity contribution < 1.29 is 9.53 Å². The van der Waals surface area contributed by atoms with Crippen LogP contribution in [0.3, 0.4) is 0 Å². The Morgan fingerprint density at radius 2 is 1.89 bits per heavy atom. The van der Waals surface area contributed by atoms with Gasteiger partial charge in [-0.1, -0.05) is 0 Å². The standard InChI is InChI=1S/C19H25N7O2/c1-13-15(12-20)14(2)26(23-13)16-6-7-21-17(22-16)24-8-10-25(11-9-24)18(27)28-19(3,4)5/h6-7H,8-11H2,1-5H3. The smallest absolute Gasteiger partial charge is 0.410 e. The minimum Gasteiger partial charge on any atom is -0.444 e. The van der Waals surface area contributed by atoms with E-state index in [1.165, 1.54) is 0 Å². The molecule has 2 aromatic rings. The van der Waals surface area contributed by atoms with Gasteiger partial charge in [0.1, 0.15) is 11.7 Å². The third kappa shape index (κ3) is 4.06. The van der Waals surface area contributed by atoms with Crippen LogP contribution in [0.4, 0.5) is 10.7 Å². The summed E-state index contributed by atoms with van der Waals surface area (Å²) in [5.41, 5.74) is 1.48. The molecule has 0 saturated carbocycles. The van der Waals surface area contributed by atoms with Crippen molar-refractivity contribution in [1.82, 2.24) is 24.6 Å². The molecule has 0 atom stereocenters. The fraction of sp³-hybridized carbons (Fsp3) is 0.526. The predicted octanol–water partition coefficient (Wildman–Crippen LogP) is 2.21. The Balaban J connectivity index is 1.73. The van der Waals surface area contributed by atoms with Gasteiger partial charge in [0, 0.05) is 38.4 Å². The van der Waals surface area contributed by atoms with E-state index in [1.54, 1.807) is 28.8 Å². The molecule has 1 aliphatic heterocycles. The number of rotatable bonds is 2. The Hall–Kier alpha value is -3.15. The number of hydrogen-bond acceptors (Lipinski definition) is 7. The minimum atomic E-state index is -0.506. The first-order chi connectivity index (χ1) is 13.2. The molecule has 28 heavy (non-hydrogen) atoms. The highest BCUT2D eigenvalue weighted by Crippen LogP contribution is 2.19. The van der Waals surface area contributed by atoms with Crippen LogP contribution in [0.15, 0.2) is 12.3 Å². The third-order valence-corrected chi connectivity index (χ3v) is 4.46. The van der Waals surface area contributed by atoms with Gasteiger partial charge in [-0.25, -0.2) is 14.5 Å². The first-order valence-electron chi connectivity index (χ1n) is 9.22. The lowest BCUT2D eigenvalue weighted by atomic mass is 10.2. The summed E-state index contributed by atoms with van der Waals surface area (Å²) in [6.07, 6.45) is 1.38. The van der Waals surface area contributed by atoms with Gasteiger partial charge in [-0.3, -0.25) is 0 Å². The summed E-state index contributed by atoms with van der Waals surface area (Å²) >= 11 is 0. The molecule has 3 rings (SSSR count). The second-order valence-corrected chi connectivity index (χ2v) is 7.74. The van der Waals surface area contributed by atoms with Crippen LogP contribution in [0.5, 0.6) is 0 Å². The van der Waals surface area contributed by atoms with Gasteiger partial charge >= 0.3 is 6.09 Å². The molecule has 1 fully saturated rings. The Bertz CT molecular complexity index is 915. The number of carbonyl (C=O) groups is 1. The topological polar surface area (TPSA) is 100 Å². The number of hydrogen-bond donors (Lipinski definition) is 0. The highest BCUT2D eigenvalue weighted by atomic mass is 16.6. The van der Waals surface area contributed by atoms with Crippen LogP contribution >= 0.6 is 0 Å². The number of ether oxygens (including phenoxy) is 1. The quantitative estimate of drug-likeness (QED) is 0.784. The molecule has 9 heteroatoms. The molecule has 0 radical (unpaired) electrons. The molecule has 0 spiro atoms. The highest BCUT2D eigenvalue weighted by molar-refractivity contribution is 5.68. The maximum absolute atomic E-state index is 12.2. The fourth-order valence-electron chi connectivity index (χ4n) is 3.05. The number of aryl methyl sites for hydroxylation is 1. The van der Waals surface area contributed by atoms with E-state index in [2.05, 4.69) is 21.1 Å². The summed E-state index contributed by atoms with van der Waals surface area (Å²) in [5, 5.41) is 13.7. The van der Waals surface area contributed by atoms with Crippen molar-refractivity contribution in [3.05, 3.63) is 29.2 Å². The maximum Gasteiger partial charge on any atom is 0.410 e. The Morgan fingerprint density at radius 1 is 1.21 bits per heavy atom. The van der Waals surface area contributed by atoms with E-state index in [1.807, 2.05) is 32.6 Å². The zero-order valence-electron chi connectivity index (χ0n) is 16.9. The molecule has 2 aromatic heterocycles. The molecule has 1 aliphatic rings. The molecule has 1 saturated heterocycles. The van der Waals surface area contributed by atoms with Gasteiger partial charge < -0.3 is 14.5 Å². The first-order valence-corrected chi connectivity index (χ1v) is 9.22. The average Bonchev–Trinajstić information content (AvgIpc) is 2.94. The number of nitrogens with zero attached hydrogens (tertiary/aromatic N) is 7. The van der Waals surface area contributed by atoms with Gasteiger partial charge in [-0.05, 0) is 34.6 Å². The van der Waals surface area contributed by atoms with E-state index in [4.69, 9.17) is 4.74 Å². The van der Waals surface area contributed by atoms with E-state index < -0.39 is 5.60 Å². The summed E-state index contributed by atoms with van der Waals surface area (Å²) < 4.78 is 7.09. The zero-order chi connectivity index (χ0) is 20.5. The van der Waals surface area contributed by atoms with Crippen molar-refractivity contribution in [2.75, 3.05) is 31.1 Å². The molecular formula is C19H25N7O2. The number of anilines is 1. The first kappa shape index (κ1) is 19.6. The van der Waals surface area contributed by atoms with Crippen LogP contribution in [-0.2, 0) is 4.74 Å². The van der Waals surface area contributed by atoms with E-state index in [0.717, 1.165) is 5.69 Å². The van der Waals surface area contributed by atoms with Gasteiger partial charge in [0.05, 0.1) is 17.0 Å². The average molecular weight is 383 g/mol. The molecule has 9 nitrogen and oxygen atoms in total. The van der Waals surface area contributed by atoms with Crippen molar-refractivity contribution in [3.8, 4) is 11.9 Å². The Morgan fingerprint density at radius 3 is 2.46 bits per heavy atom. The number of nitriles is 1. The number of carbonyl (C=O) groups excluding carboxylic acids is 1. The molecular weight excluding hydrogens is 358 g/mol. The molecule has 0 aromatic carbocycles. The van der Waals surface area contributed by atoms with Gasteiger partial charge in [0.25, 0.3) is 0 Å². The fourth-order valence-corrected chi connectivity index (χ4v) is 3.05. The van der Waals surface area contributed by atoms with Crippen LogP contribution in [0.1, 0.15) is 37.7 Å². The van der Waals surface area contributed by atoms with E-state index in [-0.39, 0.29) is 6.09 Å². The van der Waals surface area contributed by atoms with Crippen LogP contribution < -0.4 is 4.90 Å². The van der Waals surface area contributed by atoms with Crippen molar-refractivity contribution in [1.29, 1.82) is 5.26 Å². The van der Waals surface area contributed by atoms with Crippen LogP contribution in [0.2, 0.25) is 0 Å². The summed E-state index contributed by atoms with van der Waals surface area (Å²) in [7, 11) is 0. The Labute approximate surface area is 164 Å². The molecule has 0 unspecified atom stereocenters. The highest BCUT2D eigenvalue weighted by Gasteiger charge is 2.27. The molecule has 0 aliphatic carbocycles. The SMILES string of the molecule is Cc1nn(-c2ccnc(N3CCN(C(=O)OC(C)(C)C)CC3)n2)c(C)c1C#N. The van der Waals surface area contributed by atoms with Crippen LogP contribution in [0.25, 0.3) is 5.82 Å². The lowest BCUT2D eigenvalue weighted by molar-refractivity contribution is 0.0240.